The first-order valence-corrected chi connectivity index (χ1v) is 8.22. The molecule has 124 valence electrons. The zero-order valence-corrected chi connectivity index (χ0v) is 13.1. The molecule has 1 aliphatic carbocycles. The zero-order valence-electron chi connectivity index (χ0n) is 13.1. The molecule has 2 unspecified atom stereocenters. The maximum Gasteiger partial charge on any atom is 0.309 e. The topological polar surface area (TPSA) is 83.9 Å². The van der Waals surface area contributed by atoms with Crippen LogP contribution < -0.4 is 0 Å². The lowest BCUT2D eigenvalue weighted by molar-refractivity contribution is -0.155. The summed E-state index contributed by atoms with van der Waals surface area (Å²) in [5.41, 5.74) is 0. The molecule has 2 atom stereocenters. The molecule has 0 aromatic rings. The van der Waals surface area contributed by atoms with Crippen molar-refractivity contribution in [2.45, 2.75) is 45.4 Å². The molecule has 0 spiro atoms. The van der Waals surface area contributed by atoms with Crippen molar-refractivity contribution < 1.29 is 24.2 Å². The number of likely N-dealkylation sites (tertiary alicyclic amines) is 1. The van der Waals surface area contributed by atoms with Crippen molar-refractivity contribution in [1.82, 2.24) is 4.90 Å². The molecule has 1 saturated carbocycles. The summed E-state index contributed by atoms with van der Waals surface area (Å²) in [6.07, 6.45) is 4.26. The van der Waals surface area contributed by atoms with Gasteiger partial charge in [0.2, 0.25) is 5.91 Å². The lowest BCUT2D eigenvalue weighted by atomic mass is 9.78. The molecule has 6 nitrogen and oxygen atoms in total. The molecule has 1 amide bonds. The van der Waals surface area contributed by atoms with Crippen LogP contribution in [0.3, 0.4) is 0 Å². The van der Waals surface area contributed by atoms with Gasteiger partial charge in [0.1, 0.15) is 0 Å². The van der Waals surface area contributed by atoms with Crippen LogP contribution in [0.15, 0.2) is 0 Å². The fourth-order valence-electron chi connectivity index (χ4n) is 3.55. The van der Waals surface area contributed by atoms with Crippen molar-refractivity contribution >= 4 is 17.8 Å². The van der Waals surface area contributed by atoms with Crippen molar-refractivity contribution in [3.05, 3.63) is 0 Å². The Morgan fingerprint density at radius 1 is 1.05 bits per heavy atom. The molecule has 2 fully saturated rings. The maximum atomic E-state index is 12.6. The summed E-state index contributed by atoms with van der Waals surface area (Å²) in [4.78, 5) is 37.4. The van der Waals surface area contributed by atoms with E-state index in [0.717, 1.165) is 12.8 Å². The van der Waals surface area contributed by atoms with Gasteiger partial charge in [-0.25, -0.2) is 0 Å². The predicted octanol–water partition coefficient (Wildman–Crippen LogP) is 1.68. The highest BCUT2D eigenvalue weighted by Gasteiger charge is 2.39. The van der Waals surface area contributed by atoms with Crippen LogP contribution in [0.4, 0.5) is 0 Å². The second-order valence-electron chi connectivity index (χ2n) is 6.19. The van der Waals surface area contributed by atoms with Gasteiger partial charge < -0.3 is 14.7 Å². The van der Waals surface area contributed by atoms with Gasteiger partial charge in [-0.05, 0) is 32.6 Å². The van der Waals surface area contributed by atoms with E-state index in [9.17, 15) is 19.5 Å². The number of hydrogen-bond donors (Lipinski definition) is 1. The smallest absolute Gasteiger partial charge is 0.309 e. The van der Waals surface area contributed by atoms with Gasteiger partial charge >= 0.3 is 11.9 Å². The first-order valence-electron chi connectivity index (χ1n) is 8.22. The summed E-state index contributed by atoms with van der Waals surface area (Å²) < 4.78 is 5.02. The van der Waals surface area contributed by atoms with Gasteiger partial charge in [-0.1, -0.05) is 12.8 Å². The quantitative estimate of drug-likeness (QED) is 0.799. The number of nitrogens with zero attached hydrogens (tertiary/aromatic N) is 1. The van der Waals surface area contributed by atoms with E-state index in [1.807, 2.05) is 0 Å². The van der Waals surface area contributed by atoms with Crippen LogP contribution in [0.5, 0.6) is 0 Å². The van der Waals surface area contributed by atoms with Crippen molar-refractivity contribution in [3.8, 4) is 0 Å². The highest BCUT2D eigenvalue weighted by molar-refractivity contribution is 5.85. The molecule has 0 aromatic heterocycles. The summed E-state index contributed by atoms with van der Waals surface area (Å²) in [6.45, 7) is 3.20. The lowest BCUT2D eigenvalue weighted by Crippen LogP contribution is -2.46. The molecule has 0 bridgehead atoms. The molecule has 0 aromatic carbocycles. The summed E-state index contributed by atoms with van der Waals surface area (Å²) in [6, 6.07) is 0. The minimum absolute atomic E-state index is 0.0468. The summed E-state index contributed by atoms with van der Waals surface area (Å²) >= 11 is 0. The van der Waals surface area contributed by atoms with Crippen LogP contribution in [0.2, 0.25) is 0 Å². The van der Waals surface area contributed by atoms with Crippen LogP contribution in [0.1, 0.15) is 45.4 Å². The SMILES string of the molecule is CCOC(=O)C1CCN(C(=O)C2CCCCC2C(=O)O)CC1. The molecule has 2 aliphatic rings. The highest BCUT2D eigenvalue weighted by Crippen LogP contribution is 2.33. The van der Waals surface area contributed by atoms with E-state index in [1.165, 1.54) is 0 Å². The third-order valence-corrected chi connectivity index (χ3v) is 4.83. The molecule has 0 radical (unpaired) electrons. The molecule has 6 heteroatoms. The Bertz CT molecular complexity index is 428. The summed E-state index contributed by atoms with van der Waals surface area (Å²) in [5, 5.41) is 9.30. The average molecular weight is 311 g/mol. The third kappa shape index (κ3) is 3.78. The van der Waals surface area contributed by atoms with Crippen molar-refractivity contribution in [3.63, 3.8) is 0 Å². The van der Waals surface area contributed by atoms with Gasteiger partial charge in [0.25, 0.3) is 0 Å². The normalized spacial score (nSPS) is 26.5. The number of carbonyl (C=O) groups is 3. The molecule has 1 N–H and O–H groups in total. The molecule has 2 rings (SSSR count). The molecule has 1 aliphatic heterocycles. The minimum Gasteiger partial charge on any atom is -0.481 e. The predicted molar refractivity (Wildman–Crippen MR) is 79.0 cm³/mol. The molecule has 1 saturated heterocycles. The van der Waals surface area contributed by atoms with Crippen LogP contribution in [0.25, 0.3) is 0 Å². The number of carboxylic acids is 1. The number of rotatable bonds is 4. The van der Waals surface area contributed by atoms with E-state index in [2.05, 4.69) is 0 Å². The first-order chi connectivity index (χ1) is 10.5. The minimum atomic E-state index is -0.862. The monoisotopic (exact) mass is 311 g/mol. The zero-order chi connectivity index (χ0) is 16.1. The number of ether oxygens (including phenoxy) is 1. The number of carbonyl (C=O) groups excluding carboxylic acids is 2. The highest BCUT2D eigenvalue weighted by atomic mass is 16.5. The van der Waals surface area contributed by atoms with Crippen molar-refractivity contribution in [2.75, 3.05) is 19.7 Å². The Morgan fingerprint density at radius 3 is 2.18 bits per heavy atom. The Balaban J connectivity index is 1.91. The average Bonchev–Trinajstić information content (AvgIpc) is 2.54. The second-order valence-corrected chi connectivity index (χ2v) is 6.19. The standard InChI is InChI=1S/C16H25NO5/c1-2-22-16(21)11-7-9-17(10-8-11)14(18)12-5-3-4-6-13(12)15(19)20/h11-13H,2-10H2,1H3,(H,19,20). The number of hydrogen-bond acceptors (Lipinski definition) is 4. The van der Waals surface area contributed by atoms with E-state index >= 15 is 0 Å². The number of carboxylic acid groups (broad SMARTS) is 1. The van der Waals surface area contributed by atoms with Gasteiger partial charge in [-0.2, -0.15) is 0 Å². The Hall–Kier alpha value is -1.59. The number of aliphatic carboxylic acids is 1. The van der Waals surface area contributed by atoms with Gasteiger partial charge in [-0.3, -0.25) is 14.4 Å². The van der Waals surface area contributed by atoms with Crippen LogP contribution in [-0.4, -0.2) is 47.5 Å². The van der Waals surface area contributed by atoms with Gasteiger partial charge in [0.05, 0.1) is 24.4 Å². The summed E-state index contributed by atoms with van der Waals surface area (Å²) in [7, 11) is 0. The Labute approximate surface area is 130 Å². The fraction of sp³-hybridized carbons (Fsp3) is 0.812. The molecule has 22 heavy (non-hydrogen) atoms. The van der Waals surface area contributed by atoms with Gasteiger partial charge in [0.15, 0.2) is 0 Å². The van der Waals surface area contributed by atoms with Crippen molar-refractivity contribution in [1.29, 1.82) is 0 Å². The van der Waals surface area contributed by atoms with E-state index < -0.39 is 17.8 Å². The van der Waals surface area contributed by atoms with Crippen LogP contribution >= 0.6 is 0 Å². The molecular formula is C16H25NO5. The first kappa shape index (κ1) is 16.8. The van der Waals surface area contributed by atoms with Crippen LogP contribution in [-0.2, 0) is 19.1 Å². The number of piperidine rings is 1. The van der Waals surface area contributed by atoms with E-state index in [0.29, 0.717) is 45.4 Å². The second kappa shape index (κ2) is 7.61. The van der Waals surface area contributed by atoms with E-state index in [-0.39, 0.29) is 17.8 Å². The van der Waals surface area contributed by atoms with Gasteiger partial charge in [-0.15, -0.1) is 0 Å². The Morgan fingerprint density at radius 2 is 1.64 bits per heavy atom. The van der Waals surface area contributed by atoms with E-state index in [4.69, 9.17) is 4.74 Å². The lowest BCUT2D eigenvalue weighted by Gasteiger charge is -2.36. The van der Waals surface area contributed by atoms with E-state index in [1.54, 1.807) is 11.8 Å². The maximum absolute atomic E-state index is 12.6. The van der Waals surface area contributed by atoms with Gasteiger partial charge in [0, 0.05) is 13.1 Å². The largest absolute Gasteiger partial charge is 0.481 e. The number of amides is 1. The fourth-order valence-corrected chi connectivity index (χ4v) is 3.55. The van der Waals surface area contributed by atoms with Crippen LogP contribution in [0, 0.1) is 17.8 Å². The number of esters is 1. The Kier molecular flexibility index (Phi) is 5.80. The van der Waals surface area contributed by atoms with Crippen molar-refractivity contribution in [2.24, 2.45) is 17.8 Å². The third-order valence-electron chi connectivity index (χ3n) is 4.83. The summed E-state index contributed by atoms with van der Waals surface area (Å²) in [5.74, 6) is -2.18. The molecule has 1 heterocycles. The molecular weight excluding hydrogens is 286 g/mol.